The fraction of sp³-hybridized carbons (Fsp3) is 0.769. The Hall–Kier alpha value is -0.870. The molecule has 0 saturated carbocycles. The van der Waals surface area contributed by atoms with Crippen molar-refractivity contribution in [1.82, 2.24) is 19.8 Å². The SMILES string of the molecule is CC(C)CNCC(C)N(C)Cc1nccn1C. The summed E-state index contributed by atoms with van der Waals surface area (Å²) in [6, 6.07) is 0.519. The van der Waals surface area contributed by atoms with Gasteiger partial charge in [-0.1, -0.05) is 13.8 Å². The zero-order chi connectivity index (χ0) is 12.8. The van der Waals surface area contributed by atoms with Crippen LogP contribution in [-0.4, -0.2) is 40.6 Å². The first kappa shape index (κ1) is 14.2. The maximum atomic E-state index is 4.35. The summed E-state index contributed by atoms with van der Waals surface area (Å²) >= 11 is 0. The standard InChI is InChI=1S/C13H26N4/c1-11(2)8-14-9-12(3)17(5)10-13-15-6-7-16(13)4/h6-7,11-12,14H,8-10H2,1-5H3. The third kappa shape index (κ3) is 4.88. The van der Waals surface area contributed by atoms with Gasteiger partial charge in [-0.15, -0.1) is 0 Å². The fourth-order valence-corrected chi connectivity index (χ4v) is 1.66. The van der Waals surface area contributed by atoms with Crippen LogP contribution in [0.3, 0.4) is 0 Å². The van der Waals surface area contributed by atoms with Crippen molar-refractivity contribution in [2.24, 2.45) is 13.0 Å². The average Bonchev–Trinajstić information content (AvgIpc) is 2.63. The van der Waals surface area contributed by atoms with Gasteiger partial charge in [0, 0.05) is 32.0 Å². The molecule has 17 heavy (non-hydrogen) atoms. The summed E-state index contributed by atoms with van der Waals surface area (Å²) in [7, 11) is 4.19. The molecule has 1 unspecified atom stereocenters. The van der Waals surface area contributed by atoms with E-state index in [2.05, 4.69) is 47.6 Å². The van der Waals surface area contributed by atoms with Gasteiger partial charge in [0.25, 0.3) is 0 Å². The van der Waals surface area contributed by atoms with Crippen LogP contribution in [0.15, 0.2) is 12.4 Å². The van der Waals surface area contributed by atoms with Gasteiger partial charge in [-0.25, -0.2) is 4.98 Å². The summed E-state index contributed by atoms with van der Waals surface area (Å²) in [6.07, 6.45) is 3.84. The highest BCUT2D eigenvalue weighted by atomic mass is 15.2. The Morgan fingerprint density at radius 1 is 1.35 bits per heavy atom. The molecule has 0 aliphatic heterocycles. The molecular formula is C13H26N4. The summed E-state index contributed by atoms with van der Waals surface area (Å²) in [5, 5.41) is 3.49. The summed E-state index contributed by atoms with van der Waals surface area (Å²) < 4.78 is 2.07. The Labute approximate surface area is 105 Å². The lowest BCUT2D eigenvalue weighted by Gasteiger charge is -2.25. The van der Waals surface area contributed by atoms with E-state index in [9.17, 15) is 0 Å². The second kappa shape index (κ2) is 6.77. The second-order valence-electron chi connectivity index (χ2n) is 5.27. The number of nitrogens with one attached hydrogen (secondary N) is 1. The molecule has 4 heteroatoms. The van der Waals surface area contributed by atoms with Gasteiger partial charge in [-0.2, -0.15) is 0 Å². The molecule has 0 radical (unpaired) electrons. The van der Waals surface area contributed by atoms with Gasteiger partial charge in [-0.3, -0.25) is 4.90 Å². The van der Waals surface area contributed by atoms with E-state index in [-0.39, 0.29) is 0 Å². The predicted molar refractivity (Wildman–Crippen MR) is 71.8 cm³/mol. The van der Waals surface area contributed by atoms with Gasteiger partial charge in [0.1, 0.15) is 5.82 Å². The molecule has 1 rings (SSSR count). The molecule has 0 saturated heterocycles. The highest BCUT2D eigenvalue weighted by Gasteiger charge is 2.11. The van der Waals surface area contributed by atoms with E-state index in [4.69, 9.17) is 0 Å². The van der Waals surface area contributed by atoms with Crippen LogP contribution in [0, 0.1) is 5.92 Å². The number of hydrogen-bond donors (Lipinski definition) is 1. The van der Waals surface area contributed by atoms with Crippen LogP contribution in [0.25, 0.3) is 0 Å². The van der Waals surface area contributed by atoms with E-state index < -0.39 is 0 Å². The molecule has 98 valence electrons. The Bertz CT molecular complexity index is 319. The van der Waals surface area contributed by atoms with Gasteiger partial charge < -0.3 is 9.88 Å². The molecule has 0 amide bonds. The fourth-order valence-electron chi connectivity index (χ4n) is 1.66. The molecule has 1 atom stereocenters. The van der Waals surface area contributed by atoms with Crippen LogP contribution < -0.4 is 5.32 Å². The van der Waals surface area contributed by atoms with E-state index in [0.717, 1.165) is 25.5 Å². The summed E-state index contributed by atoms with van der Waals surface area (Å²) in [6.45, 7) is 9.72. The highest BCUT2D eigenvalue weighted by molar-refractivity contribution is 4.91. The lowest BCUT2D eigenvalue weighted by molar-refractivity contribution is 0.233. The number of hydrogen-bond acceptors (Lipinski definition) is 3. The largest absolute Gasteiger partial charge is 0.337 e. The molecule has 1 aromatic rings. The van der Waals surface area contributed by atoms with Crippen LogP contribution in [-0.2, 0) is 13.6 Å². The van der Waals surface area contributed by atoms with E-state index in [1.807, 2.05) is 19.4 Å². The Morgan fingerprint density at radius 3 is 2.59 bits per heavy atom. The number of aromatic nitrogens is 2. The second-order valence-corrected chi connectivity index (χ2v) is 5.27. The van der Waals surface area contributed by atoms with Crippen LogP contribution in [0.1, 0.15) is 26.6 Å². The maximum Gasteiger partial charge on any atom is 0.122 e. The molecule has 0 fully saturated rings. The third-order valence-electron chi connectivity index (χ3n) is 3.06. The molecular weight excluding hydrogens is 212 g/mol. The van der Waals surface area contributed by atoms with Gasteiger partial charge >= 0.3 is 0 Å². The summed E-state index contributed by atoms with van der Waals surface area (Å²) in [4.78, 5) is 6.68. The van der Waals surface area contributed by atoms with Crippen molar-refractivity contribution in [3.8, 4) is 0 Å². The summed E-state index contributed by atoms with van der Waals surface area (Å²) in [5.41, 5.74) is 0. The number of aryl methyl sites for hydroxylation is 1. The maximum absolute atomic E-state index is 4.35. The van der Waals surface area contributed by atoms with Crippen molar-refractivity contribution < 1.29 is 0 Å². The van der Waals surface area contributed by atoms with Crippen molar-refractivity contribution in [2.75, 3.05) is 20.1 Å². The number of nitrogens with zero attached hydrogens (tertiary/aromatic N) is 3. The molecule has 0 spiro atoms. The third-order valence-corrected chi connectivity index (χ3v) is 3.06. The lowest BCUT2D eigenvalue weighted by atomic mass is 10.2. The van der Waals surface area contributed by atoms with Crippen LogP contribution in [0.4, 0.5) is 0 Å². The molecule has 1 heterocycles. The van der Waals surface area contributed by atoms with Crippen LogP contribution >= 0.6 is 0 Å². The van der Waals surface area contributed by atoms with Crippen molar-refractivity contribution in [1.29, 1.82) is 0 Å². The van der Waals surface area contributed by atoms with Crippen molar-refractivity contribution in [3.05, 3.63) is 18.2 Å². The van der Waals surface area contributed by atoms with Crippen LogP contribution in [0.2, 0.25) is 0 Å². The van der Waals surface area contributed by atoms with Crippen molar-refractivity contribution >= 4 is 0 Å². The van der Waals surface area contributed by atoms with E-state index in [1.54, 1.807) is 0 Å². The molecule has 0 aromatic carbocycles. The smallest absolute Gasteiger partial charge is 0.122 e. The molecule has 0 bridgehead atoms. The quantitative estimate of drug-likeness (QED) is 0.781. The zero-order valence-electron chi connectivity index (χ0n) is 11.8. The molecule has 0 aliphatic rings. The Morgan fingerprint density at radius 2 is 2.06 bits per heavy atom. The number of imidazole rings is 1. The Kier molecular flexibility index (Phi) is 5.65. The number of likely N-dealkylation sites (N-methyl/N-ethyl adjacent to an activating group) is 1. The van der Waals surface area contributed by atoms with Gasteiger partial charge in [0.05, 0.1) is 6.54 Å². The van der Waals surface area contributed by atoms with Crippen molar-refractivity contribution in [2.45, 2.75) is 33.4 Å². The summed E-state index contributed by atoms with van der Waals surface area (Å²) in [5.74, 6) is 1.82. The molecule has 4 nitrogen and oxygen atoms in total. The van der Waals surface area contributed by atoms with E-state index in [0.29, 0.717) is 12.0 Å². The lowest BCUT2D eigenvalue weighted by Crippen LogP contribution is -2.39. The molecule has 0 aliphatic carbocycles. The zero-order valence-corrected chi connectivity index (χ0v) is 11.8. The average molecular weight is 238 g/mol. The first-order valence-electron chi connectivity index (χ1n) is 6.38. The highest BCUT2D eigenvalue weighted by Crippen LogP contribution is 2.03. The van der Waals surface area contributed by atoms with E-state index >= 15 is 0 Å². The van der Waals surface area contributed by atoms with Gasteiger partial charge in [-0.05, 0) is 26.4 Å². The molecule has 1 aromatic heterocycles. The first-order valence-corrected chi connectivity index (χ1v) is 6.38. The van der Waals surface area contributed by atoms with Crippen molar-refractivity contribution in [3.63, 3.8) is 0 Å². The first-order chi connectivity index (χ1) is 8.00. The monoisotopic (exact) mass is 238 g/mol. The minimum Gasteiger partial charge on any atom is -0.337 e. The van der Waals surface area contributed by atoms with Crippen LogP contribution in [0.5, 0.6) is 0 Å². The minimum absolute atomic E-state index is 0.519. The minimum atomic E-state index is 0.519. The Balaban J connectivity index is 2.32. The van der Waals surface area contributed by atoms with Gasteiger partial charge in [0.15, 0.2) is 0 Å². The topological polar surface area (TPSA) is 33.1 Å². The van der Waals surface area contributed by atoms with Gasteiger partial charge in [0.2, 0.25) is 0 Å². The predicted octanol–water partition coefficient (Wildman–Crippen LogP) is 1.49. The molecule has 1 N–H and O–H groups in total. The number of rotatable bonds is 7. The normalized spacial score (nSPS) is 13.6. The van der Waals surface area contributed by atoms with E-state index in [1.165, 1.54) is 0 Å².